The molecule has 0 bridgehead atoms. The minimum Gasteiger partial charge on any atom is -0.435 e. The Morgan fingerprint density at radius 2 is 1.59 bits per heavy atom. The van der Waals surface area contributed by atoms with Crippen LogP contribution in [0, 0.1) is 5.82 Å². The zero-order valence-corrected chi connectivity index (χ0v) is 36.9. The van der Waals surface area contributed by atoms with Gasteiger partial charge in [0.15, 0.2) is 5.82 Å². The number of benzene rings is 3. The number of esters is 1. The van der Waals surface area contributed by atoms with E-state index in [0.717, 1.165) is 42.8 Å². The number of hydrogen-bond acceptors (Lipinski definition) is 14. The summed E-state index contributed by atoms with van der Waals surface area (Å²) in [4.78, 5) is 62.6. The summed E-state index contributed by atoms with van der Waals surface area (Å²) in [6.07, 6.45) is 0.140. The Labute approximate surface area is 376 Å². The lowest BCUT2D eigenvalue weighted by Gasteiger charge is -2.38. The number of carbonyl (C=O) groups is 4. The van der Waals surface area contributed by atoms with E-state index in [4.69, 9.17) is 49.6 Å². The molecule has 0 radical (unpaired) electrons. The van der Waals surface area contributed by atoms with Gasteiger partial charge in [-0.2, -0.15) is 0 Å². The number of rotatable bonds is 21. The van der Waals surface area contributed by atoms with Gasteiger partial charge in [0.05, 0.1) is 69.2 Å². The molecule has 64 heavy (non-hydrogen) atoms. The molecular weight excluding hydrogens is 855 g/mol. The molecule has 1 unspecified atom stereocenters. The van der Waals surface area contributed by atoms with Gasteiger partial charge in [-0.05, 0) is 78.4 Å². The third-order valence-corrected chi connectivity index (χ3v) is 11.0. The third kappa shape index (κ3) is 12.9. The summed E-state index contributed by atoms with van der Waals surface area (Å²) in [6, 6.07) is 15.2. The lowest BCUT2D eigenvalue weighted by molar-refractivity contribution is -0.148. The van der Waals surface area contributed by atoms with Gasteiger partial charge >= 0.3 is 12.1 Å². The van der Waals surface area contributed by atoms with Crippen molar-refractivity contribution in [2.75, 3.05) is 91.5 Å². The van der Waals surface area contributed by atoms with E-state index in [-0.39, 0.29) is 41.4 Å². The standard InChI is InChI=1S/C46H54ClFN4O12/c1-4-61-46(56)63-30(2)62-45(55)32-11-13-33(14-12-32)49-43(53)42-36-8-5-7-34(31-15-18-51(19-16-31)21-22-58-25-26-60-28-27-59-24-23-57-3)35(36)17-20-52(42)44(54)40-29-39(50-64-40)37-9-6-10-38(47)41(37)48/h5-15,30,40,42H,4,16-29H2,1-3H3,(H,49,53)/t30?,40-,42+/m1/s1. The van der Waals surface area contributed by atoms with Crippen LogP contribution in [0.15, 0.2) is 71.9 Å². The van der Waals surface area contributed by atoms with E-state index < -0.39 is 48.2 Å². The van der Waals surface area contributed by atoms with Gasteiger partial charge in [-0.3, -0.25) is 14.5 Å². The Balaban J connectivity index is 1.13. The summed E-state index contributed by atoms with van der Waals surface area (Å²) < 4.78 is 51.5. The van der Waals surface area contributed by atoms with Gasteiger partial charge in [0.1, 0.15) is 6.04 Å². The van der Waals surface area contributed by atoms with Crippen molar-refractivity contribution in [1.82, 2.24) is 9.80 Å². The number of halogens is 2. The number of nitrogens with one attached hydrogen (secondary N) is 1. The van der Waals surface area contributed by atoms with Gasteiger partial charge in [-0.15, -0.1) is 0 Å². The first kappa shape index (κ1) is 48.0. The molecule has 0 saturated carbocycles. The zero-order valence-electron chi connectivity index (χ0n) is 36.2. The minimum atomic E-state index is -1.21. The van der Waals surface area contributed by atoms with E-state index in [9.17, 15) is 23.6 Å². The predicted molar refractivity (Wildman–Crippen MR) is 233 cm³/mol. The van der Waals surface area contributed by atoms with Crippen LogP contribution in [0.1, 0.15) is 65.3 Å². The van der Waals surface area contributed by atoms with Crippen LogP contribution in [-0.4, -0.2) is 138 Å². The zero-order chi connectivity index (χ0) is 45.4. The Hall–Kier alpha value is -5.43. The van der Waals surface area contributed by atoms with E-state index in [1.54, 1.807) is 20.1 Å². The number of methoxy groups -OCH3 is 1. The van der Waals surface area contributed by atoms with Gasteiger partial charge in [0.2, 0.25) is 12.4 Å². The maximum absolute atomic E-state index is 15.0. The fourth-order valence-corrected chi connectivity index (χ4v) is 7.71. The molecule has 0 aliphatic carbocycles. The molecule has 0 spiro atoms. The van der Waals surface area contributed by atoms with Crippen LogP contribution in [0.5, 0.6) is 0 Å². The van der Waals surface area contributed by atoms with Crippen molar-refractivity contribution in [1.29, 1.82) is 0 Å². The van der Waals surface area contributed by atoms with Crippen LogP contribution < -0.4 is 5.32 Å². The number of nitrogens with zero attached hydrogens (tertiary/aromatic N) is 3. The largest absolute Gasteiger partial charge is 0.511 e. The number of hydrogen-bond donors (Lipinski definition) is 1. The summed E-state index contributed by atoms with van der Waals surface area (Å²) in [5.41, 5.74) is 4.64. The normalized spacial score (nSPS) is 17.7. The SMILES string of the molecule is CCOC(=O)OC(C)OC(=O)c1ccc(NC(=O)[C@@H]2c3cccc(C4=CCN(CCOCCOCCOCCOC)CC4)c3CCN2C(=O)[C@H]2CC(c3cccc(Cl)c3F)=NO2)cc1. The van der Waals surface area contributed by atoms with E-state index in [2.05, 4.69) is 27.5 Å². The molecule has 344 valence electrons. The second-order valence-electron chi connectivity index (χ2n) is 14.9. The molecule has 3 heterocycles. The second kappa shape index (κ2) is 24.0. The first-order valence-electron chi connectivity index (χ1n) is 21.3. The summed E-state index contributed by atoms with van der Waals surface area (Å²) in [5.74, 6) is -2.41. The van der Waals surface area contributed by atoms with Crippen molar-refractivity contribution in [2.45, 2.75) is 51.5 Å². The van der Waals surface area contributed by atoms with Gasteiger partial charge in [0.25, 0.3) is 11.8 Å². The molecule has 6 rings (SSSR count). The molecule has 0 fully saturated rings. The average Bonchev–Trinajstić information content (AvgIpc) is 3.79. The van der Waals surface area contributed by atoms with Crippen molar-refractivity contribution in [3.63, 3.8) is 0 Å². The highest BCUT2D eigenvalue weighted by Crippen LogP contribution is 2.38. The number of ether oxygens (including phenoxy) is 7. The van der Waals surface area contributed by atoms with Crippen LogP contribution >= 0.6 is 11.6 Å². The van der Waals surface area contributed by atoms with Crippen LogP contribution in [0.4, 0.5) is 14.9 Å². The highest BCUT2D eigenvalue weighted by atomic mass is 35.5. The molecule has 3 aliphatic heterocycles. The predicted octanol–water partition coefficient (Wildman–Crippen LogP) is 6.20. The van der Waals surface area contributed by atoms with Crippen molar-refractivity contribution in [2.24, 2.45) is 5.16 Å². The van der Waals surface area contributed by atoms with E-state index in [1.165, 1.54) is 48.2 Å². The van der Waals surface area contributed by atoms with Crippen LogP contribution in [-0.2, 0) is 54.0 Å². The topological polar surface area (TPSA) is 173 Å². The second-order valence-corrected chi connectivity index (χ2v) is 15.4. The number of amides is 2. The van der Waals surface area contributed by atoms with Crippen LogP contribution in [0.2, 0.25) is 5.02 Å². The summed E-state index contributed by atoms with van der Waals surface area (Å²) in [7, 11) is 1.63. The minimum absolute atomic E-state index is 0.0256. The molecule has 18 heteroatoms. The molecule has 3 atom stereocenters. The molecule has 1 N–H and O–H groups in total. The van der Waals surface area contributed by atoms with Crippen molar-refractivity contribution >= 4 is 52.5 Å². The first-order chi connectivity index (χ1) is 31.1. The number of carbonyl (C=O) groups excluding carboxylic acids is 4. The van der Waals surface area contributed by atoms with Crippen LogP contribution in [0.3, 0.4) is 0 Å². The Kier molecular flexibility index (Phi) is 18.0. The molecule has 0 saturated heterocycles. The maximum atomic E-state index is 15.0. The van der Waals surface area contributed by atoms with Crippen molar-refractivity contribution < 1.29 is 61.6 Å². The Bertz CT molecular complexity index is 2150. The molecular formula is C46H54ClFN4O12. The Morgan fingerprint density at radius 1 is 0.891 bits per heavy atom. The smallest absolute Gasteiger partial charge is 0.435 e. The first-order valence-corrected chi connectivity index (χ1v) is 21.6. The number of anilines is 1. The molecule has 16 nitrogen and oxygen atoms in total. The highest BCUT2D eigenvalue weighted by molar-refractivity contribution is 6.31. The summed E-state index contributed by atoms with van der Waals surface area (Å²) in [6.45, 7) is 9.25. The fraction of sp³-hybridized carbons (Fsp3) is 0.457. The van der Waals surface area contributed by atoms with Crippen molar-refractivity contribution in [3.05, 3.63) is 105 Å². The van der Waals surface area contributed by atoms with Gasteiger partial charge < -0.3 is 48.2 Å². The molecule has 2 amide bonds. The van der Waals surface area contributed by atoms with Gasteiger partial charge in [-0.1, -0.05) is 47.1 Å². The third-order valence-electron chi connectivity index (χ3n) is 10.7. The maximum Gasteiger partial charge on any atom is 0.511 e. The lowest BCUT2D eigenvalue weighted by atomic mass is 9.84. The number of fused-ring (bicyclic) bond motifs is 1. The monoisotopic (exact) mass is 908 g/mol. The molecule has 3 aromatic rings. The fourth-order valence-electron chi connectivity index (χ4n) is 7.54. The highest BCUT2D eigenvalue weighted by Gasteiger charge is 2.42. The molecule has 3 aliphatic rings. The van der Waals surface area contributed by atoms with Gasteiger partial charge in [0, 0.05) is 57.9 Å². The number of oxime groups is 1. The average molecular weight is 909 g/mol. The van der Waals surface area contributed by atoms with E-state index in [1.807, 2.05) is 12.1 Å². The van der Waals surface area contributed by atoms with Gasteiger partial charge in [-0.25, -0.2) is 14.0 Å². The van der Waals surface area contributed by atoms with E-state index >= 15 is 0 Å². The summed E-state index contributed by atoms with van der Waals surface area (Å²) in [5, 5.41) is 6.89. The molecule has 3 aromatic carbocycles. The van der Waals surface area contributed by atoms with Crippen LogP contribution in [0.25, 0.3) is 5.57 Å². The van der Waals surface area contributed by atoms with E-state index in [0.29, 0.717) is 63.9 Å². The quantitative estimate of drug-likeness (QED) is 0.0729. The Morgan fingerprint density at radius 3 is 2.30 bits per heavy atom. The molecule has 0 aromatic heterocycles. The lowest BCUT2D eigenvalue weighted by Crippen LogP contribution is -2.49. The van der Waals surface area contributed by atoms with Crippen molar-refractivity contribution in [3.8, 4) is 0 Å². The summed E-state index contributed by atoms with van der Waals surface area (Å²) >= 11 is 6.03.